The standard InChI is InChI=1S/C14H19N3O2/c1-3-10(15)14(19)17-11-7-5-4-6-9(11)8-12(17)13(18)16-2/h4-7,10,12H,3,8,15H2,1-2H3,(H,16,18)/t10?,12-/m0/s1. The minimum absolute atomic E-state index is 0.159. The van der Waals surface area contributed by atoms with Gasteiger partial charge in [-0.3, -0.25) is 14.5 Å². The number of nitrogens with zero attached hydrogens (tertiary/aromatic N) is 1. The summed E-state index contributed by atoms with van der Waals surface area (Å²) in [7, 11) is 1.58. The third kappa shape index (κ3) is 2.33. The summed E-state index contributed by atoms with van der Waals surface area (Å²) < 4.78 is 0. The minimum atomic E-state index is -0.571. The van der Waals surface area contributed by atoms with Gasteiger partial charge in [0.2, 0.25) is 11.8 Å². The molecule has 1 aliphatic rings. The van der Waals surface area contributed by atoms with Crippen molar-refractivity contribution < 1.29 is 9.59 Å². The molecule has 19 heavy (non-hydrogen) atoms. The van der Waals surface area contributed by atoms with E-state index in [0.717, 1.165) is 11.3 Å². The number of hydrogen-bond donors (Lipinski definition) is 2. The molecule has 0 spiro atoms. The van der Waals surface area contributed by atoms with Crippen molar-refractivity contribution in [2.45, 2.75) is 31.8 Å². The van der Waals surface area contributed by atoms with Crippen molar-refractivity contribution >= 4 is 17.5 Å². The molecule has 0 bridgehead atoms. The molecule has 1 unspecified atom stereocenters. The molecule has 1 aromatic carbocycles. The summed E-state index contributed by atoms with van der Waals surface area (Å²) in [5, 5.41) is 2.61. The number of nitrogens with two attached hydrogens (primary N) is 1. The Morgan fingerprint density at radius 3 is 2.79 bits per heavy atom. The maximum Gasteiger partial charge on any atom is 0.244 e. The summed E-state index contributed by atoms with van der Waals surface area (Å²) in [6.07, 6.45) is 1.09. The van der Waals surface area contributed by atoms with E-state index in [1.807, 2.05) is 31.2 Å². The third-order valence-electron chi connectivity index (χ3n) is 3.52. The summed E-state index contributed by atoms with van der Waals surface area (Å²) in [4.78, 5) is 25.9. The number of anilines is 1. The molecule has 1 aliphatic heterocycles. The normalized spacial score (nSPS) is 18.9. The smallest absolute Gasteiger partial charge is 0.244 e. The van der Waals surface area contributed by atoms with Gasteiger partial charge in [-0.25, -0.2) is 0 Å². The Morgan fingerprint density at radius 2 is 2.16 bits per heavy atom. The molecule has 0 saturated heterocycles. The monoisotopic (exact) mass is 261 g/mol. The summed E-state index contributed by atoms with van der Waals surface area (Å²) in [6.45, 7) is 1.86. The quantitative estimate of drug-likeness (QED) is 0.828. The van der Waals surface area contributed by atoms with E-state index in [9.17, 15) is 9.59 Å². The van der Waals surface area contributed by atoms with E-state index in [-0.39, 0.29) is 11.8 Å². The lowest BCUT2D eigenvalue weighted by molar-refractivity contribution is -0.126. The molecule has 2 amide bonds. The molecule has 0 radical (unpaired) electrons. The maximum atomic E-state index is 12.4. The Balaban J connectivity index is 2.39. The third-order valence-corrected chi connectivity index (χ3v) is 3.52. The fourth-order valence-corrected chi connectivity index (χ4v) is 2.39. The molecule has 102 valence electrons. The largest absolute Gasteiger partial charge is 0.357 e. The second-order valence-corrected chi connectivity index (χ2v) is 4.69. The predicted molar refractivity (Wildman–Crippen MR) is 73.8 cm³/mol. The van der Waals surface area contributed by atoms with Gasteiger partial charge in [0.15, 0.2) is 0 Å². The van der Waals surface area contributed by atoms with Crippen molar-refractivity contribution in [3.8, 4) is 0 Å². The fraction of sp³-hybridized carbons (Fsp3) is 0.429. The Kier molecular flexibility index (Phi) is 3.85. The highest BCUT2D eigenvalue weighted by molar-refractivity contribution is 6.05. The maximum absolute atomic E-state index is 12.4. The first-order chi connectivity index (χ1) is 9.10. The van der Waals surface area contributed by atoms with Gasteiger partial charge in [-0.1, -0.05) is 25.1 Å². The number of benzene rings is 1. The van der Waals surface area contributed by atoms with Gasteiger partial charge in [-0.2, -0.15) is 0 Å². The molecule has 3 N–H and O–H groups in total. The molecular weight excluding hydrogens is 242 g/mol. The highest BCUT2D eigenvalue weighted by Crippen LogP contribution is 2.32. The molecular formula is C14H19N3O2. The van der Waals surface area contributed by atoms with Gasteiger partial charge < -0.3 is 11.1 Å². The molecule has 0 aliphatic carbocycles. The fourth-order valence-electron chi connectivity index (χ4n) is 2.39. The average molecular weight is 261 g/mol. The van der Waals surface area contributed by atoms with E-state index in [4.69, 9.17) is 5.73 Å². The van der Waals surface area contributed by atoms with Crippen LogP contribution in [0.3, 0.4) is 0 Å². The number of carbonyl (C=O) groups excluding carboxylic acids is 2. The Labute approximate surface area is 112 Å². The average Bonchev–Trinajstić information content (AvgIpc) is 2.84. The van der Waals surface area contributed by atoms with Crippen LogP contribution in [0.4, 0.5) is 5.69 Å². The Bertz CT molecular complexity index is 501. The lowest BCUT2D eigenvalue weighted by Gasteiger charge is -2.26. The molecule has 0 saturated carbocycles. The van der Waals surface area contributed by atoms with E-state index in [1.165, 1.54) is 0 Å². The summed E-state index contributed by atoms with van der Waals surface area (Å²) in [6, 6.07) is 6.51. The topological polar surface area (TPSA) is 75.4 Å². The van der Waals surface area contributed by atoms with Crippen LogP contribution in [0.2, 0.25) is 0 Å². The second kappa shape index (κ2) is 5.40. The molecule has 0 aromatic heterocycles. The minimum Gasteiger partial charge on any atom is -0.357 e. The van der Waals surface area contributed by atoms with E-state index < -0.39 is 12.1 Å². The zero-order valence-corrected chi connectivity index (χ0v) is 11.2. The van der Waals surface area contributed by atoms with E-state index >= 15 is 0 Å². The van der Waals surface area contributed by atoms with E-state index in [1.54, 1.807) is 11.9 Å². The highest BCUT2D eigenvalue weighted by Gasteiger charge is 2.38. The Hall–Kier alpha value is -1.88. The number of para-hydroxylation sites is 1. The zero-order valence-electron chi connectivity index (χ0n) is 11.2. The zero-order chi connectivity index (χ0) is 14.0. The van der Waals surface area contributed by atoms with Gasteiger partial charge >= 0.3 is 0 Å². The lowest BCUT2D eigenvalue weighted by atomic mass is 10.1. The van der Waals surface area contributed by atoms with Crippen molar-refractivity contribution in [3.63, 3.8) is 0 Å². The number of carbonyl (C=O) groups is 2. The molecule has 1 heterocycles. The summed E-state index contributed by atoms with van der Waals surface area (Å²) in [5.74, 6) is -0.353. The molecule has 0 fully saturated rings. The number of amides is 2. The SMILES string of the molecule is CCC(N)C(=O)N1c2ccccc2C[C@H]1C(=O)NC. The predicted octanol–water partition coefficient (Wildman–Crippen LogP) is 0.428. The first-order valence-electron chi connectivity index (χ1n) is 6.48. The molecule has 2 atom stereocenters. The van der Waals surface area contributed by atoms with Gasteiger partial charge in [0.25, 0.3) is 0 Å². The van der Waals surface area contributed by atoms with Gasteiger partial charge in [-0.05, 0) is 18.1 Å². The van der Waals surface area contributed by atoms with Gasteiger partial charge in [0.1, 0.15) is 6.04 Å². The van der Waals surface area contributed by atoms with Crippen molar-refractivity contribution in [2.24, 2.45) is 5.73 Å². The first-order valence-corrected chi connectivity index (χ1v) is 6.48. The number of rotatable bonds is 3. The van der Waals surface area contributed by atoms with Crippen LogP contribution < -0.4 is 16.0 Å². The van der Waals surface area contributed by atoms with Gasteiger partial charge in [-0.15, -0.1) is 0 Å². The van der Waals surface area contributed by atoms with Crippen LogP contribution in [-0.4, -0.2) is 30.9 Å². The van der Waals surface area contributed by atoms with Crippen LogP contribution in [-0.2, 0) is 16.0 Å². The Morgan fingerprint density at radius 1 is 1.47 bits per heavy atom. The van der Waals surface area contributed by atoms with Gasteiger partial charge in [0.05, 0.1) is 6.04 Å². The molecule has 1 aromatic rings. The number of likely N-dealkylation sites (N-methyl/N-ethyl adjacent to an activating group) is 1. The van der Waals surface area contributed by atoms with Crippen molar-refractivity contribution in [2.75, 3.05) is 11.9 Å². The number of fused-ring (bicyclic) bond motifs is 1. The molecule has 5 heteroatoms. The summed E-state index contributed by atoms with van der Waals surface area (Å²) in [5.41, 5.74) is 7.64. The first kappa shape index (κ1) is 13.5. The van der Waals surface area contributed by atoms with Crippen LogP contribution in [0.5, 0.6) is 0 Å². The number of hydrogen-bond acceptors (Lipinski definition) is 3. The van der Waals surface area contributed by atoms with Crippen LogP contribution in [0.25, 0.3) is 0 Å². The summed E-state index contributed by atoms with van der Waals surface area (Å²) >= 11 is 0. The van der Waals surface area contributed by atoms with Crippen LogP contribution in [0, 0.1) is 0 Å². The molecule has 5 nitrogen and oxygen atoms in total. The second-order valence-electron chi connectivity index (χ2n) is 4.69. The molecule has 2 rings (SSSR count). The van der Waals surface area contributed by atoms with Crippen LogP contribution >= 0.6 is 0 Å². The highest BCUT2D eigenvalue weighted by atomic mass is 16.2. The van der Waals surface area contributed by atoms with Crippen LogP contribution in [0.15, 0.2) is 24.3 Å². The van der Waals surface area contributed by atoms with Crippen molar-refractivity contribution in [1.29, 1.82) is 0 Å². The van der Waals surface area contributed by atoms with Crippen molar-refractivity contribution in [3.05, 3.63) is 29.8 Å². The van der Waals surface area contributed by atoms with Crippen LogP contribution in [0.1, 0.15) is 18.9 Å². The number of nitrogens with one attached hydrogen (secondary N) is 1. The van der Waals surface area contributed by atoms with E-state index in [0.29, 0.717) is 12.8 Å². The lowest BCUT2D eigenvalue weighted by Crippen LogP contribution is -2.52. The van der Waals surface area contributed by atoms with Crippen molar-refractivity contribution in [1.82, 2.24) is 5.32 Å². The van der Waals surface area contributed by atoms with Gasteiger partial charge in [0, 0.05) is 19.2 Å². The van der Waals surface area contributed by atoms with E-state index in [2.05, 4.69) is 5.32 Å².